The maximum atomic E-state index is 11.6. The Bertz CT molecular complexity index is 656. The van der Waals surface area contributed by atoms with Crippen LogP contribution in [0.5, 0.6) is 0 Å². The van der Waals surface area contributed by atoms with Crippen LogP contribution in [0.3, 0.4) is 0 Å². The maximum Gasteiger partial charge on any atom is 0.323 e. The monoisotopic (exact) mass is 323 g/mol. The van der Waals surface area contributed by atoms with Crippen LogP contribution in [-0.2, 0) is 11.2 Å². The third-order valence-corrected chi connectivity index (χ3v) is 4.14. The van der Waals surface area contributed by atoms with Crippen LogP contribution >= 0.6 is 11.3 Å². The van der Waals surface area contributed by atoms with Crippen LogP contribution in [0.25, 0.3) is 0 Å². The summed E-state index contributed by atoms with van der Waals surface area (Å²) < 4.78 is 10.6. The van der Waals surface area contributed by atoms with E-state index in [4.69, 9.17) is 9.26 Å². The highest BCUT2D eigenvalue weighted by Gasteiger charge is 2.24. The zero-order valence-electron chi connectivity index (χ0n) is 12.4. The van der Waals surface area contributed by atoms with Gasteiger partial charge in [-0.25, -0.2) is 9.78 Å². The largest absolute Gasteiger partial charge is 0.371 e. The van der Waals surface area contributed by atoms with E-state index >= 15 is 0 Å². The van der Waals surface area contributed by atoms with Crippen molar-refractivity contribution in [3.63, 3.8) is 0 Å². The first-order chi connectivity index (χ1) is 10.7. The van der Waals surface area contributed by atoms with Gasteiger partial charge in [-0.3, -0.25) is 4.90 Å². The van der Waals surface area contributed by atoms with Crippen LogP contribution in [0.15, 0.2) is 9.90 Å². The lowest BCUT2D eigenvalue weighted by atomic mass is 10.3. The van der Waals surface area contributed by atoms with E-state index < -0.39 is 0 Å². The molecule has 0 radical (unpaired) electrons. The van der Waals surface area contributed by atoms with Gasteiger partial charge in [0.25, 0.3) is 0 Å². The summed E-state index contributed by atoms with van der Waals surface area (Å²) >= 11 is 1.43. The third-order valence-electron chi connectivity index (χ3n) is 3.22. The van der Waals surface area contributed by atoms with Gasteiger partial charge >= 0.3 is 6.03 Å². The SMILES string of the molecule is CCO[C@H](C)c1noc(Cc2csc(N3CCNC3=O)n2)n1. The van der Waals surface area contributed by atoms with Crippen molar-refractivity contribution in [1.29, 1.82) is 0 Å². The predicted octanol–water partition coefficient (Wildman–Crippen LogP) is 1.74. The van der Waals surface area contributed by atoms with Crippen molar-refractivity contribution >= 4 is 22.5 Å². The van der Waals surface area contributed by atoms with Crippen molar-refractivity contribution in [2.24, 2.45) is 0 Å². The van der Waals surface area contributed by atoms with E-state index in [1.54, 1.807) is 4.90 Å². The second kappa shape index (κ2) is 6.41. The molecule has 2 amide bonds. The molecule has 1 saturated heterocycles. The molecule has 1 N–H and O–H groups in total. The summed E-state index contributed by atoms with van der Waals surface area (Å²) in [6, 6.07) is -0.105. The Kier molecular flexibility index (Phi) is 4.34. The summed E-state index contributed by atoms with van der Waals surface area (Å²) in [4.78, 5) is 22.0. The Labute approximate surface area is 131 Å². The summed E-state index contributed by atoms with van der Waals surface area (Å²) in [5, 5.41) is 9.26. The highest BCUT2D eigenvalue weighted by Crippen LogP contribution is 2.23. The minimum Gasteiger partial charge on any atom is -0.371 e. The number of hydrogen-bond donors (Lipinski definition) is 1. The van der Waals surface area contributed by atoms with Crippen molar-refractivity contribution < 1.29 is 14.1 Å². The molecule has 0 saturated carbocycles. The average Bonchev–Trinajstić information content (AvgIpc) is 3.20. The number of hydrogen-bond acceptors (Lipinski definition) is 7. The maximum absolute atomic E-state index is 11.6. The van der Waals surface area contributed by atoms with Gasteiger partial charge in [0, 0.05) is 25.1 Å². The van der Waals surface area contributed by atoms with Crippen LogP contribution in [0.2, 0.25) is 0 Å². The highest BCUT2D eigenvalue weighted by molar-refractivity contribution is 7.14. The molecule has 118 valence electrons. The van der Waals surface area contributed by atoms with Gasteiger partial charge in [-0.2, -0.15) is 4.98 Å². The number of aromatic nitrogens is 3. The first-order valence-electron chi connectivity index (χ1n) is 7.11. The van der Waals surface area contributed by atoms with E-state index in [0.29, 0.717) is 43.0 Å². The summed E-state index contributed by atoms with van der Waals surface area (Å²) in [5.41, 5.74) is 0.805. The first kappa shape index (κ1) is 14.9. The number of rotatable bonds is 6. The van der Waals surface area contributed by atoms with Gasteiger partial charge in [0.1, 0.15) is 6.10 Å². The molecule has 1 aliphatic heterocycles. The van der Waals surface area contributed by atoms with Crippen LogP contribution in [0.4, 0.5) is 9.93 Å². The van der Waals surface area contributed by atoms with Crippen molar-refractivity contribution in [3.05, 3.63) is 22.8 Å². The van der Waals surface area contributed by atoms with Crippen molar-refractivity contribution in [1.82, 2.24) is 20.4 Å². The summed E-state index contributed by atoms with van der Waals surface area (Å²) in [6.07, 6.45) is 0.249. The lowest BCUT2D eigenvalue weighted by molar-refractivity contribution is 0.0683. The molecule has 2 aromatic rings. The zero-order chi connectivity index (χ0) is 15.5. The van der Waals surface area contributed by atoms with Gasteiger partial charge in [0.15, 0.2) is 11.0 Å². The molecule has 3 heterocycles. The quantitative estimate of drug-likeness (QED) is 0.870. The fraction of sp³-hybridized carbons (Fsp3) is 0.538. The molecule has 1 aliphatic rings. The van der Waals surface area contributed by atoms with Gasteiger partial charge in [-0.05, 0) is 13.8 Å². The summed E-state index contributed by atoms with van der Waals surface area (Å²) in [6.45, 7) is 5.69. The second-order valence-electron chi connectivity index (χ2n) is 4.83. The van der Waals surface area contributed by atoms with Gasteiger partial charge in [-0.15, -0.1) is 11.3 Å². The number of nitrogens with zero attached hydrogens (tertiary/aromatic N) is 4. The van der Waals surface area contributed by atoms with Crippen LogP contribution in [0.1, 0.15) is 37.4 Å². The predicted molar refractivity (Wildman–Crippen MR) is 80.0 cm³/mol. The number of carbonyl (C=O) groups excluding carboxylic acids is 1. The van der Waals surface area contributed by atoms with E-state index in [2.05, 4.69) is 20.4 Å². The fourth-order valence-corrected chi connectivity index (χ4v) is 2.99. The molecule has 0 aliphatic carbocycles. The fourth-order valence-electron chi connectivity index (χ4n) is 2.14. The Morgan fingerprint density at radius 1 is 1.55 bits per heavy atom. The molecule has 0 aromatic carbocycles. The Balaban J connectivity index is 1.66. The van der Waals surface area contributed by atoms with Crippen molar-refractivity contribution in [3.8, 4) is 0 Å². The molecule has 0 unspecified atom stereocenters. The number of ether oxygens (including phenoxy) is 1. The molecular formula is C13H17N5O3S. The molecule has 0 bridgehead atoms. The summed E-state index contributed by atoms with van der Waals surface area (Å²) in [5.74, 6) is 1.02. The van der Waals surface area contributed by atoms with Crippen LogP contribution in [-0.4, -0.2) is 40.9 Å². The highest BCUT2D eigenvalue weighted by atomic mass is 32.1. The minimum atomic E-state index is -0.193. The number of urea groups is 1. The van der Waals surface area contributed by atoms with Crippen LogP contribution in [0, 0.1) is 0 Å². The molecule has 1 fully saturated rings. The lowest BCUT2D eigenvalue weighted by Crippen LogP contribution is -2.27. The molecule has 0 spiro atoms. The van der Waals surface area contributed by atoms with Gasteiger partial charge in [-0.1, -0.05) is 5.16 Å². The first-order valence-corrected chi connectivity index (χ1v) is 7.99. The van der Waals surface area contributed by atoms with Gasteiger partial charge in [0.05, 0.1) is 12.1 Å². The van der Waals surface area contributed by atoms with Gasteiger partial charge < -0.3 is 14.6 Å². The molecule has 1 atom stereocenters. The van der Waals surface area contributed by atoms with E-state index in [1.807, 2.05) is 19.2 Å². The molecule has 9 heteroatoms. The van der Waals surface area contributed by atoms with E-state index in [0.717, 1.165) is 5.69 Å². The topological polar surface area (TPSA) is 93.4 Å². The van der Waals surface area contributed by atoms with Crippen LogP contribution < -0.4 is 10.2 Å². The number of nitrogens with one attached hydrogen (secondary N) is 1. The summed E-state index contributed by atoms with van der Waals surface area (Å²) in [7, 11) is 0. The van der Waals surface area contributed by atoms with E-state index in [-0.39, 0.29) is 12.1 Å². The Morgan fingerprint density at radius 3 is 3.14 bits per heavy atom. The third kappa shape index (κ3) is 3.09. The normalized spacial score (nSPS) is 16.1. The lowest BCUT2D eigenvalue weighted by Gasteiger charge is -2.08. The zero-order valence-corrected chi connectivity index (χ0v) is 13.2. The second-order valence-corrected chi connectivity index (χ2v) is 5.66. The number of amides is 2. The van der Waals surface area contributed by atoms with Gasteiger partial charge in [0.2, 0.25) is 5.89 Å². The molecule has 3 rings (SSSR count). The Hall–Kier alpha value is -2.00. The smallest absolute Gasteiger partial charge is 0.323 e. The molecule has 2 aromatic heterocycles. The molecular weight excluding hydrogens is 306 g/mol. The molecule has 22 heavy (non-hydrogen) atoms. The van der Waals surface area contributed by atoms with E-state index in [9.17, 15) is 4.79 Å². The number of carbonyl (C=O) groups is 1. The van der Waals surface area contributed by atoms with Crippen molar-refractivity contribution in [2.75, 3.05) is 24.6 Å². The Morgan fingerprint density at radius 2 is 2.41 bits per heavy atom. The minimum absolute atomic E-state index is 0.105. The molecule has 8 nitrogen and oxygen atoms in total. The average molecular weight is 323 g/mol. The number of thiazole rings is 1. The van der Waals surface area contributed by atoms with Crippen molar-refractivity contribution in [2.45, 2.75) is 26.4 Å². The standard InChI is InChI=1S/C13H17N5O3S/c1-3-20-8(2)11-16-10(21-17-11)6-9-7-22-13(15-9)18-5-4-14-12(18)19/h7-8H,3-6H2,1-2H3,(H,14,19)/t8-/m1/s1. The number of anilines is 1. The van der Waals surface area contributed by atoms with E-state index in [1.165, 1.54) is 11.3 Å².